The lowest BCUT2D eigenvalue weighted by molar-refractivity contribution is 0.0975. The molecule has 7 heteroatoms. The molecule has 2 aromatic carbocycles. The molecule has 1 N–H and O–H groups in total. The summed E-state index contributed by atoms with van der Waals surface area (Å²) in [7, 11) is 0. The van der Waals surface area contributed by atoms with Crippen molar-refractivity contribution >= 4 is 39.8 Å². The van der Waals surface area contributed by atoms with Gasteiger partial charge in [-0.1, -0.05) is 53.3 Å². The van der Waals surface area contributed by atoms with Crippen molar-refractivity contribution in [2.24, 2.45) is 0 Å². The van der Waals surface area contributed by atoms with E-state index >= 15 is 0 Å². The molecule has 0 atom stereocenters. The summed E-state index contributed by atoms with van der Waals surface area (Å²) in [5, 5.41) is 3.85. The summed E-state index contributed by atoms with van der Waals surface area (Å²) in [6, 6.07) is 14.4. The van der Waals surface area contributed by atoms with Crippen molar-refractivity contribution < 1.29 is 14.3 Å². The van der Waals surface area contributed by atoms with E-state index in [9.17, 15) is 9.59 Å². The first kappa shape index (κ1) is 18.7. The number of aromatic nitrogens is 1. The first-order valence-electron chi connectivity index (χ1n) is 8.91. The number of rotatable bonds is 5. The normalized spacial score (nSPS) is 13.1. The number of carbonyl (C=O) groups excluding carboxylic acids is 2. The van der Waals surface area contributed by atoms with Crippen LogP contribution in [-0.2, 0) is 13.0 Å². The standard InChI is InChI=1S/C21H17ClN2O3S/c22-15-8-3-1-6-13(15)12-27-18-11-4-2-7-14(18)20(26)24-21-23-16-9-5-10-17(25)19(16)28-21/h1-4,6-8,11H,5,9-10,12H2,(H,23,24,26). The van der Waals surface area contributed by atoms with Crippen molar-refractivity contribution in [1.29, 1.82) is 0 Å². The number of hydrogen-bond acceptors (Lipinski definition) is 5. The minimum absolute atomic E-state index is 0.0997. The molecule has 1 amide bonds. The van der Waals surface area contributed by atoms with E-state index in [-0.39, 0.29) is 18.3 Å². The van der Waals surface area contributed by atoms with Gasteiger partial charge in [0, 0.05) is 17.0 Å². The molecule has 5 nitrogen and oxygen atoms in total. The van der Waals surface area contributed by atoms with Crippen molar-refractivity contribution in [1.82, 2.24) is 4.98 Å². The third-order valence-corrected chi connectivity index (χ3v) is 5.88. The number of nitrogens with one attached hydrogen (secondary N) is 1. The van der Waals surface area contributed by atoms with E-state index in [1.807, 2.05) is 18.2 Å². The topological polar surface area (TPSA) is 68.3 Å². The van der Waals surface area contributed by atoms with Gasteiger partial charge in [0.05, 0.1) is 16.1 Å². The second kappa shape index (κ2) is 8.12. The zero-order valence-corrected chi connectivity index (χ0v) is 16.5. The molecule has 0 saturated heterocycles. The molecule has 142 valence electrons. The van der Waals surface area contributed by atoms with Crippen LogP contribution in [0.4, 0.5) is 5.13 Å². The molecule has 4 rings (SSSR count). The Kier molecular flexibility index (Phi) is 5.41. The molecule has 1 aliphatic carbocycles. The van der Waals surface area contributed by atoms with Crippen LogP contribution in [0.5, 0.6) is 5.75 Å². The van der Waals surface area contributed by atoms with Crippen molar-refractivity contribution in [2.45, 2.75) is 25.9 Å². The second-order valence-corrected chi connectivity index (χ2v) is 7.81. The van der Waals surface area contributed by atoms with Crippen molar-refractivity contribution in [3.63, 3.8) is 0 Å². The van der Waals surface area contributed by atoms with Crippen LogP contribution in [0, 0.1) is 0 Å². The Labute approximate surface area is 171 Å². The number of anilines is 1. The zero-order valence-electron chi connectivity index (χ0n) is 14.9. The van der Waals surface area contributed by atoms with E-state index in [1.54, 1.807) is 30.3 Å². The van der Waals surface area contributed by atoms with E-state index in [2.05, 4.69) is 10.3 Å². The van der Waals surface area contributed by atoms with Crippen molar-refractivity contribution in [3.8, 4) is 5.75 Å². The van der Waals surface area contributed by atoms with E-state index in [1.165, 1.54) is 11.3 Å². The Balaban J connectivity index is 1.51. The summed E-state index contributed by atoms with van der Waals surface area (Å²) in [6.07, 6.45) is 2.12. The molecule has 1 aliphatic rings. The molecule has 0 radical (unpaired) electrons. The van der Waals surface area contributed by atoms with Gasteiger partial charge in [0.2, 0.25) is 0 Å². The van der Waals surface area contributed by atoms with E-state index in [0.717, 1.165) is 24.1 Å². The van der Waals surface area contributed by atoms with Gasteiger partial charge in [0.25, 0.3) is 5.91 Å². The summed E-state index contributed by atoms with van der Waals surface area (Å²) in [5.41, 5.74) is 2.01. The van der Waals surface area contributed by atoms with Crippen LogP contribution < -0.4 is 10.1 Å². The van der Waals surface area contributed by atoms with Gasteiger partial charge in [-0.15, -0.1) is 0 Å². The first-order chi connectivity index (χ1) is 13.6. The molecule has 0 spiro atoms. The van der Waals surface area contributed by atoms with Gasteiger partial charge < -0.3 is 4.74 Å². The van der Waals surface area contributed by atoms with Gasteiger partial charge in [0.15, 0.2) is 10.9 Å². The molecule has 3 aromatic rings. The number of para-hydroxylation sites is 1. The highest BCUT2D eigenvalue weighted by atomic mass is 35.5. The van der Waals surface area contributed by atoms with Crippen molar-refractivity contribution in [3.05, 3.63) is 75.3 Å². The molecular formula is C21H17ClN2O3S. The number of halogens is 1. The molecule has 0 aliphatic heterocycles. The number of benzene rings is 2. The quantitative estimate of drug-likeness (QED) is 0.629. The van der Waals surface area contributed by atoms with E-state index in [4.69, 9.17) is 16.3 Å². The average Bonchev–Trinajstić information content (AvgIpc) is 3.11. The lowest BCUT2D eigenvalue weighted by Crippen LogP contribution is -2.13. The Hall–Kier alpha value is -2.70. The van der Waals surface area contributed by atoms with Gasteiger partial charge in [-0.3, -0.25) is 14.9 Å². The van der Waals surface area contributed by atoms with Gasteiger partial charge >= 0.3 is 0 Å². The smallest absolute Gasteiger partial charge is 0.261 e. The SMILES string of the molecule is O=C(Nc1nc2c(s1)C(=O)CCC2)c1ccccc1OCc1ccccc1Cl. The molecule has 0 unspecified atom stereocenters. The zero-order chi connectivity index (χ0) is 19.5. The summed E-state index contributed by atoms with van der Waals surface area (Å²) in [6.45, 7) is 0.254. The number of ether oxygens (including phenoxy) is 1. The number of thiazole rings is 1. The van der Waals surface area contributed by atoms with Crippen LogP contribution in [0.3, 0.4) is 0 Å². The fourth-order valence-electron chi connectivity index (χ4n) is 3.04. The maximum Gasteiger partial charge on any atom is 0.261 e. The number of ketones is 1. The predicted octanol–water partition coefficient (Wildman–Crippen LogP) is 5.15. The van der Waals surface area contributed by atoms with Gasteiger partial charge in [0.1, 0.15) is 12.4 Å². The van der Waals surface area contributed by atoms with Crippen LogP contribution in [-0.4, -0.2) is 16.7 Å². The van der Waals surface area contributed by atoms with Gasteiger partial charge in [-0.05, 0) is 31.0 Å². The number of carbonyl (C=O) groups is 2. The van der Waals surface area contributed by atoms with Crippen molar-refractivity contribution in [2.75, 3.05) is 5.32 Å². The predicted molar refractivity (Wildman–Crippen MR) is 110 cm³/mol. The molecule has 0 saturated carbocycles. The monoisotopic (exact) mass is 412 g/mol. The van der Waals surface area contributed by atoms with Crippen LogP contribution >= 0.6 is 22.9 Å². The summed E-state index contributed by atoms with van der Waals surface area (Å²) < 4.78 is 5.84. The van der Waals surface area contributed by atoms with Crippen LogP contribution in [0.1, 0.15) is 44.1 Å². The maximum atomic E-state index is 12.8. The summed E-state index contributed by atoms with van der Waals surface area (Å²) in [4.78, 5) is 29.8. The third kappa shape index (κ3) is 3.93. The summed E-state index contributed by atoms with van der Waals surface area (Å²) in [5.74, 6) is 0.230. The van der Waals surface area contributed by atoms with Crippen LogP contribution in [0.15, 0.2) is 48.5 Å². The maximum absolute atomic E-state index is 12.8. The van der Waals surface area contributed by atoms with Gasteiger partial charge in [-0.25, -0.2) is 4.98 Å². The van der Waals surface area contributed by atoms with E-state index < -0.39 is 0 Å². The molecule has 1 heterocycles. The molecule has 0 fully saturated rings. The van der Waals surface area contributed by atoms with Gasteiger partial charge in [-0.2, -0.15) is 0 Å². The fourth-order valence-corrected chi connectivity index (χ4v) is 4.20. The lowest BCUT2D eigenvalue weighted by Gasteiger charge is -2.11. The van der Waals surface area contributed by atoms with Crippen LogP contribution in [0.2, 0.25) is 5.02 Å². The fraction of sp³-hybridized carbons (Fsp3) is 0.190. The highest BCUT2D eigenvalue weighted by Crippen LogP contribution is 2.30. The Bertz CT molecular complexity index is 1050. The minimum Gasteiger partial charge on any atom is -0.488 e. The second-order valence-electron chi connectivity index (χ2n) is 6.40. The number of Topliss-reactive ketones (excluding diaryl/α,β-unsaturated/α-hetero) is 1. The summed E-state index contributed by atoms with van der Waals surface area (Å²) >= 11 is 7.40. The number of hydrogen-bond donors (Lipinski definition) is 1. The Morgan fingerprint density at radius 3 is 2.75 bits per heavy atom. The molecule has 0 bridgehead atoms. The molecule has 28 heavy (non-hydrogen) atoms. The molecular weight excluding hydrogens is 396 g/mol. The largest absolute Gasteiger partial charge is 0.488 e. The Morgan fingerprint density at radius 2 is 1.93 bits per heavy atom. The number of nitrogens with zero attached hydrogens (tertiary/aromatic N) is 1. The lowest BCUT2D eigenvalue weighted by atomic mass is 10.0. The first-order valence-corrected chi connectivity index (χ1v) is 10.1. The number of amides is 1. The highest BCUT2D eigenvalue weighted by molar-refractivity contribution is 7.17. The number of aryl methyl sites for hydroxylation is 1. The minimum atomic E-state index is -0.326. The number of fused-ring (bicyclic) bond motifs is 1. The molecule has 1 aromatic heterocycles. The van der Waals surface area contributed by atoms with Crippen LogP contribution in [0.25, 0.3) is 0 Å². The average molecular weight is 413 g/mol. The Morgan fingerprint density at radius 1 is 1.14 bits per heavy atom. The highest BCUT2D eigenvalue weighted by Gasteiger charge is 2.23. The van der Waals surface area contributed by atoms with E-state index in [0.29, 0.717) is 32.8 Å². The third-order valence-electron chi connectivity index (χ3n) is 4.46.